The molecule has 27 heavy (non-hydrogen) atoms. The Balaban J connectivity index is 1.80. The van der Waals surface area contributed by atoms with Crippen molar-refractivity contribution in [3.05, 3.63) is 84.6 Å². The Morgan fingerprint density at radius 2 is 1.59 bits per heavy atom. The minimum absolute atomic E-state index is 0.678. The van der Waals surface area contributed by atoms with Gasteiger partial charge in [0.1, 0.15) is 7.05 Å². The van der Waals surface area contributed by atoms with E-state index in [9.17, 15) is 0 Å². The molecule has 5 rings (SSSR count). The predicted molar refractivity (Wildman–Crippen MR) is 108 cm³/mol. The van der Waals surface area contributed by atoms with Gasteiger partial charge >= 0.3 is 0 Å². The van der Waals surface area contributed by atoms with Crippen LogP contribution < -0.4 is 4.57 Å². The third-order valence-electron chi connectivity index (χ3n) is 5.10. The molecule has 2 aromatic carbocycles. The maximum atomic E-state index is 6.31. The summed E-state index contributed by atoms with van der Waals surface area (Å²) in [5.74, 6) is 0. The molecule has 0 radical (unpaired) electrons. The molecule has 0 N–H and O–H groups in total. The van der Waals surface area contributed by atoms with Crippen LogP contribution in [0.3, 0.4) is 0 Å². The number of pyridine rings is 2. The molecule has 0 spiro atoms. The van der Waals surface area contributed by atoms with Crippen molar-refractivity contribution in [2.75, 3.05) is 0 Å². The lowest BCUT2D eigenvalue weighted by Crippen LogP contribution is -2.30. The Morgan fingerprint density at radius 3 is 2.41 bits per heavy atom. The van der Waals surface area contributed by atoms with E-state index in [1.165, 1.54) is 5.56 Å². The molecule has 0 saturated carbocycles. The van der Waals surface area contributed by atoms with E-state index >= 15 is 0 Å². The van der Waals surface area contributed by atoms with E-state index in [0.717, 1.165) is 38.9 Å². The first kappa shape index (κ1) is 15.8. The molecule has 3 heteroatoms. The molecule has 3 heterocycles. The van der Waals surface area contributed by atoms with Crippen LogP contribution in [0.25, 0.3) is 44.6 Å². The van der Waals surface area contributed by atoms with E-state index in [1.807, 2.05) is 24.3 Å². The molecule has 0 atom stereocenters. The van der Waals surface area contributed by atoms with Gasteiger partial charge in [0.15, 0.2) is 11.8 Å². The SMILES string of the molecule is Cc1ccc2c(oc3nc(-c4ccccc4)ccc32)c1-c1cccc[n+]1C. The van der Waals surface area contributed by atoms with Gasteiger partial charge in [-0.1, -0.05) is 42.5 Å². The number of rotatable bonds is 2. The van der Waals surface area contributed by atoms with Crippen molar-refractivity contribution in [2.45, 2.75) is 6.92 Å². The molecular weight excluding hydrogens is 332 g/mol. The fraction of sp³-hybridized carbons (Fsp3) is 0.0833. The van der Waals surface area contributed by atoms with Crippen LogP contribution in [0.1, 0.15) is 5.56 Å². The van der Waals surface area contributed by atoms with Crippen molar-refractivity contribution in [1.82, 2.24) is 4.98 Å². The van der Waals surface area contributed by atoms with Gasteiger partial charge in [-0.15, -0.1) is 0 Å². The van der Waals surface area contributed by atoms with Crippen molar-refractivity contribution >= 4 is 22.1 Å². The first-order chi connectivity index (χ1) is 13.2. The second-order valence-corrected chi connectivity index (χ2v) is 6.85. The van der Waals surface area contributed by atoms with Crippen molar-refractivity contribution < 1.29 is 8.98 Å². The lowest BCUT2D eigenvalue weighted by molar-refractivity contribution is -0.660. The van der Waals surface area contributed by atoms with Gasteiger partial charge in [0.25, 0.3) is 0 Å². The summed E-state index contributed by atoms with van der Waals surface area (Å²) in [6.45, 7) is 2.12. The number of hydrogen-bond acceptors (Lipinski definition) is 2. The van der Waals surface area contributed by atoms with E-state index in [1.54, 1.807) is 0 Å². The van der Waals surface area contributed by atoms with E-state index in [-0.39, 0.29) is 0 Å². The van der Waals surface area contributed by atoms with Crippen LogP contribution in [0.15, 0.2) is 83.4 Å². The first-order valence-corrected chi connectivity index (χ1v) is 9.06. The monoisotopic (exact) mass is 351 g/mol. The number of aryl methyl sites for hydroxylation is 2. The third kappa shape index (κ3) is 2.51. The van der Waals surface area contributed by atoms with Crippen LogP contribution in [0, 0.1) is 6.92 Å². The summed E-state index contributed by atoms with van der Waals surface area (Å²) in [6.07, 6.45) is 2.06. The number of hydrogen-bond donors (Lipinski definition) is 0. The standard InChI is InChI=1S/C24H19N2O/c1-16-11-12-18-19-13-14-20(17-8-4-3-5-9-17)25-24(19)27-23(18)22(16)21-10-6-7-15-26(21)2/h3-15H,1-2H3/q+1. The highest BCUT2D eigenvalue weighted by Gasteiger charge is 2.20. The van der Waals surface area contributed by atoms with Crippen LogP contribution in [0.4, 0.5) is 0 Å². The normalized spacial score (nSPS) is 11.3. The highest BCUT2D eigenvalue weighted by Crippen LogP contribution is 2.36. The van der Waals surface area contributed by atoms with E-state index in [4.69, 9.17) is 9.40 Å². The molecule has 0 aliphatic carbocycles. The minimum atomic E-state index is 0.678. The lowest BCUT2D eigenvalue weighted by atomic mass is 10.0. The number of nitrogens with zero attached hydrogens (tertiary/aromatic N) is 2. The van der Waals surface area contributed by atoms with Gasteiger partial charge in [0.2, 0.25) is 11.4 Å². The zero-order valence-corrected chi connectivity index (χ0v) is 15.3. The van der Waals surface area contributed by atoms with Crippen LogP contribution in [0.5, 0.6) is 0 Å². The first-order valence-electron chi connectivity index (χ1n) is 9.06. The van der Waals surface area contributed by atoms with Crippen LogP contribution in [0.2, 0.25) is 0 Å². The fourth-order valence-electron chi connectivity index (χ4n) is 3.69. The van der Waals surface area contributed by atoms with Crippen molar-refractivity contribution in [2.24, 2.45) is 7.05 Å². The van der Waals surface area contributed by atoms with Gasteiger partial charge in [0, 0.05) is 28.5 Å². The Bertz CT molecular complexity index is 1290. The molecule has 0 fully saturated rings. The van der Waals surface area contributed by atoms with E-state index in [0.29, 0.717) is 5.71 Å². The number of furan rings is 1. The quantitative estimate of drug-likeness (QED) is 0.396. The molecule has 0 amide bonds. The molecule has 0 unspecified atom stereocenters. The fourth-order valence-corrected chi connectivity index (χ4v) is 3.69. The Hall–Kier alpha value is -3.46. The summed E-state index contributed by atoms with van der Waals surface area (Å²) in [7, 11) is 2.06. The highest BCUT2D eigenvalue weighted by molar-refractivity contribution is 6.09. The zero-order valence-electron chi connectivity index (χ0n) is 15.3. The van der Waals surface area contributed by atoms with E-state index < -0.39 is 0 Å². The summed E-state index contributed by atoms with van der Waals surface area (Å²) in [6, 6.07) is 24.9. The molecular formula is C24H19N2O+. The number of benzene rings is 2. The Morgan fingerprint density at radius 1 is 0.815 bits per heavy atom. The molecule has 130 valence electrons. The number of fused-ring (bicyclic) bond motifs is 3. The van der Waals surface area contributed by atoms with Gasteiger partial charge in [-0.25, -0.2) is 9.55 Å². The predicted octanol–water partition coefficient (Wildman–Crippen LogP) is 5.45. The molecule has 0 aliphatic rings. The summed E-state index contributed by atoms with van der Waals surface area (Å²) >= 11 is 0. The third-order valence-corrected chi connectivity index (χ3v) is 5.10. The highest BCUT2D eigenvalue weighted by atomic mass is 16.3. The van der Waals surface area contributed by atoms with E-state index in [2.05, 4.69) is 73.3 Å². The average molecular weight is 351 g/mol. The minimum Gasteiger partial charge on any atom is -0.437 e. The molecule has 0 aliphatic heterocycles. The second kappa shape index (κ2) is 6.06. The van der Waals surface area contributed by atoms with Crippen molar-refractivity contribution in [3.8, 4) is 22.5 Å². The molecule has 3 aromatic heterocycles. The molecule has 0 bridgehead atoms. The lowest BCUT2D eigenvalue weighted by Gasteiger charge is -2.04. The van der Waals surface area contributed by atoms with Gasteiger partial charge in [-0.3, -0.25) is 0 Å². The summed E-state index contributed by atoms with van der Waals surface area (Å²) in [5, 5.41) is 2.14. The second-order valence-electron chi connectivity index (χ2n) is 6.85. The number of aromatic nitrogens is 2. The zero-order chi connectivity index (χ0) is 18.4. The summed E-state index contributed by atoms with van der Waals surface area (Å²) < 4.78 is 8.43. The largest absolute Gasteiger partial charge is 0.437 e. The van der Waals surface area contributed by atoms with Crippen LogP contribution in [-0.4, -0.2) is 4.98 Å². The maximum Gasteiger partial charge on any atom is 0.227 e. The molecule has 5 aromatic rings. The van der Waals surface area contributed by atoms with Crippen LogP contribution >= 0.6 is 0 Å². The maximum absolute atomic E-state index is 6.31. The Labute approximate surface area is 157 Å². The summed E-state index contributed by atoms with van der Waals surface area (Å²) in [5.41, 5.74) is 7.02. The molecule has 0 saturated heterocycles. The summed E-state index contributed by atoms with van der Waals surface area (Å²) in [4.78, 5) is 4.80. The van der Waals surface area contributed by atoms with Gasteiger partial charge < -0.3 is 4.42 Å². The topological polar surface area (TPSA) is 29.9 Å². The smallest absolute Gasteiger partial charge is 0.227 e. The van der Waals surface area contributed by atoms with Crippen molar-refractivity contribution in [3.63, 3.8) is 0 Å². The Kier molecular flexibility index (Phi) is 3.54. The van der Waals surface area contributed by atoms with Crippen LogP contribution in [-0.2, 0) is 7.05 Å². The van der Waals surface area contributed by atoms with Gasteiger partial charge in [-0.2, -0.15) is 0 Å². The van der Waals surface area contributed by atoms with Crippen molar-refractivity contribution in [1.29, 1.82) is 0 Å². The van der Waals surface area contributed by atoms with Gasteiger partial charge in [0.05, 0.1) is 11.3 Å². The molecule has 3 nitrogen and oxygen atoms in total. The van der Waals surface area contributed by atoms with Gasteiger partial charge in [-0.05, 0) is 30.7 Å². The average Bonchev–Trinajstić information content (AvgIpc) is 3.07.